The second-order valence-electron chi connectivity index (χ2n) is 8.58. The molecule has 0 aromatic rings. The van der Waals surface area contributed by atoms with Crippen LogP contribution in [0.2, 0.25) is 0 Å². The van der Waals surface area contributed by atoms with Crippen molar-refractivity contribution in [3.8, 4) is 0 Å². The Morgan fingerprint density at radius 3 is 2.32 bits per heavy atom. The van der Waals surface area contributed by atoms with Crippen LogP contribution in [0.4, 0.5) is 4.79 Å². The van der Waals surface area contributed by atoms with Gasteiger partial charge in [-0.15, -0.1) is 0 Å². The first-order valence-corrected chi connectivity index (χ1v) is 10.5. The van der Waals surface area contributed by atoms with Gasteiger partial charge in [0.1, 0.15) is 11.6 Å². The highest BCUT2D eigenvalue weighted by molar-refractivity contribution is 5.87. The first-order valence-electron chi connectivity index (χ1n) is 10.5. The molecule has 1 fully saturated rings. The molecule has 1 aliphatic carbocycles. The van der Waals surface area contributed by atoms with Crippen LogP contribution in [0.5, 0.6) is 0 Å². The molecule has 28 heavy (non-hydrogen) atoms. The molecular weight excluding hydrogens is 360 g/mol. The molecule has 0 bridgehead atoms. The third-order valence-electron chi connectivity index (χ3n) is 4.73. The fraction of sp³-hybridized carbons (Fsp3) is 0.850. The molecule has 1 saturated carbocycles. The molecule has 1 rings (SSSR count). The molecule has 8 nitrogen and oxygen atoms in total. The molecule has 0 heterocycles. The monoisotopic (exact) mass is 398 g/mol. The van der Waals surface area contributed by atoms with Crippen LogP contribution in [0.15, 0.2) is 0 Å². The minimum absolute atomic E-state index is 0.251. The minimum Gasteiger partial charge on any atom is -0.444 e. The smallest absolute Gasteiger partial charge is 0.408 e. The summed E-state index contributed by atoms with van der Waals surface area (Å²) in [4.78, 5) is 36.6. The lowest BCUT2D eigenvalue weighted by atomic mass is 9.84. The van der Waals surface area contributed by atoms with E-state index in [9.17, 15) is 14.4 Å². The Morgan fingerprint density at radius 2 is 1.71 bits per heavy atom. The number of hydrogen-bond donors (Lipinski definition) is 4. The number of hydrazine groups is 1. The summed E-state index contributed by atoms with van der Waals surface area (Å²) in [6, 6.07) is -0.740. The van der Waals surface area contributed by atoms with Gasteiger partial charge in [-0.2, -0.15) is 0 Å². The van der Waals surface area contributed by atoms with Gasteiger partial charge in [0.25, 0.3) is 5.91 Å². The lowest BCUT2D eigenvalue weighted by molar-refractivity contribution is -0.130. The van der Waals surface area contributed by atoms with Gasteiger partial charge in [0.05, 0.1) is 0 Å². The lowest BCUT2D eigenvalue weighted by Gasteiger charge is -2.27. The predicted octanol–water partition coefficient (Wildman–Crippen LogP) is 2.52. The summed E-state index contributed by atoms with van der Waals surface area (Å²) in [5.74, 6) is -0.294. The summed E-state index contributed by atoms with van der Waals surface area (Å²) in [7, 11) is 0. The highest BCUT2D eigenvalue weighted by atomic mass is 16.6. The zero-order valence-electron chi connectivity index (χ0n) is 17.6. The molecule has 0 radical (unpaired) electrons. The molecule has 0 unspecified atom stereocenters. The Bertz CT molecular complexity index is 499. The number of carbonyl (C=O) groups is 3. The number of unbranched alkanes of at least 4 members (excludes halogenated alkanes) is 2. The van der Waals surface area contributed by atoms with Crippen LogP contribution < -0.4 is 21.9 Å². The maximum Gasteiger partial charge on any atom is 0.408 e. The van der Waals surface area contributed by atoms with Gasteiger partial charge in [-0.1, -0.05) is 38.5 Å². The quantitative estimate of drug-likeness (QED) is 0.351. The third-order valence-corrected chi connectivity index (χ3v) is 4.73. The lowest BCUT2D eigenvalue weighted by Crippen LogP contribution is -2.53. The first-order chi connectivity index (χ1) is 13.2. The molecule has 0 saturated heterocycles. The van der Waals surface area contributed by atoms with Crippen LogP contribution in [0.3, 0.4) is 0 Å². The number of rotatable bonds is 9. The van der Waals surface area contributed by atoms with E-state index in [2.05, 4.69) is 16.2 Å². The van der Waals surface area contributed by atoms with Gasteiger partial charge in [0.15, 0.2) is 0 Å². The number of alkyl carbamates (subject to hydrolysis) is 1. The molecule has 0 aromatic carbocycles. The Kier molecular flexibility index (Phi) is 10.9. The molecule has 5 N–H and O–H groups in total. The fourth-order valence-corrected chi connectivity index (χ4v) is 3.33. The van der Waals surface area contributed by atoms with Crippen LogP contribution >= 0.6 is 0 Å². The van der Waals surface area contributed by atoms with Crippen molar-refractivity contribution < 1.29 is 19.1 Å². The van der Waals surface area contributed by atoms with Crippen molar-refractivity contribution in [3.63, 3.8) is 0 Å². The van der Waals surface area contributed by atoms with E-state index in [1.807, 2.05) is 0 Å². The molecule has 8 heteroatoms. The van der Waals surface area contributed by atoms with E-state index < -0.39 is 23.6 Å². The Balaban J connectivity index is 2.54. The van der Waals surface area contributed by atoms with Crippen molar-refractivity contribution in [1.29, 1.82) is 0 Å². The third kappa shape index (κ3) is 11.1. The van der Waals surface area contributed by atoms with Crippen molar-refractivity contribution in [2.24, 2.45) is 11.7 Å². The summed E-state index contributed by atoms with van der Waals surface area (Å²) in [5, 5.41) is 2.67. The van der Waals surface area contributed by atoms with Crippen molar-refractivity contribution in [2.45, 2.75) is 96.6 Å². The standard InChI is InChI=1S/C20H38N4O4/c1-20(2,3)28-19(27)22-16(14-15-10-6-4-7-11-15)18(26)24-23-17(25)12-8-5-9-13-21/h15-16H,4-14,21H2,1-3H3,(H,22,27)(H,23,25)(H,24,26)/t16-/m1/s1. The molecule has 1 atom stereocenters. The normalized spacial score (nSPS) is 16.1. The van der Waals surface area contributed by atoms with E-state index >= 15 is 0 Å². The summed E-state index contributed by atoms with van der Waals surface area (Å²) in [6.45, 7) is 5.92. The average molecular weight is 399 g/mol. The predicted molar refractivity (Wildman–Crippen MR) is 108 cm³/mol. The van der Waals surface area contributed by atoms with Crippen LogP contribution in [0, 0.1) is 5.92 Å². The summed E-state index contributed by atoms with van der Waals surface area (Å²) < 4.78 is 5.28. The van der Waals surface area contributed by atoms with Crippen LogP contribution in [-0.2, 0) is 14.3 Å². The molecule has 162 valence electrons. The molecule has 1 aliphatic rings. The van der Waals surface area contributed by atoms with Crippen LogP contribution in [-0.4, -0.2) is 36.1 Å². The van der Waals surface area contributed by atoms with Gasteiger partial charge in [-0.05, 0) is 52.5 Å². The number of amides is 3. The van der Waals surface area contributed by atoms with E-state index in [4.69, 9.17) is 10.5 Å². The number of carbonyl (C=O) groups excluding carboxylic acids is 3. The van der Waals surface area contributed by atoms with Crippen LogP contribution in [0.25, 0.3) is 0 Å². The van der Waals surface area contributed by atoms with Gasteiger partial charge in [-0.25, -0.2) is 4.79 Å². The van der Waals surface area contributed by atoms with Crippen LogP contribution in [0.1, 0.15) is 85.0 Å². The van der Waals surface area contributed by atoms with Gasteiger partial charge in [0.2, 0.25) is 5.91 Å². The topological polar surface area (TPSA) is 123 Å². The van der Waals surface area contributed by atoms with E-state index in [1.54, 1.807) is 20.8 Å². The van der Waals surface area contributed by atoms with E-state index in [1.165, 1.54) is 6.42 Å². The van der Waals surface area contributed by atoms with Gasteiger partial charge < -0.3 is 15.8 Å². The second-order valence-corrected chi connectivity index (χ2v) is 8.58. The highest BCUT2D eigenvalue weighted by Gasteiger charge is 2.28. The number of hydrogen-bond acceptors (Lipinski definition) is 5. The van der Waals surface area contributed by atoms with Gasteiger partial charge in [-0.3, -0.25) is 20.4 Å². The Hall–Kier alpha value is -1.83. The molecular formula is C20H38N4O4. The summed E-state index contributed by atoms with van der Waals surface area (Å²) in [6.07, 6.45) is 8.32. The summed E-state index contributed by atoms with van der Waals surface area (Å²) in [5.41, 5.74) is 9.67. The average Bonchev–Trinajstić information content (AvgIpc) is 2.62. The van der Waals surface area contributed by atoms with E-state index in [0.29, 0.717) is 25.3 Å². The zero-order chi connectivity index (χ0) is 21.0. The molecule has 0 spiro atoms. The number of nitrogens with two attached hydrogens (primary N) is 1. The largest absolute Gasteiger partial charge is 0.444 e. The van der Waals surface area contributed by atoms with E-state index in [0.717, 1.165) is 44.9 Å². The maximum absolute atomic E-state index is 12.6. The minimum atomic E-state index is -0.740. The van der Waals surface area contributed by atoms with Gasteiger partial charge >= 0.3 is 6.09 Å². The van der Waals surface area contributed by atoms with Crippen molar-refractivity contribution in [2.75, 3.05) is 6.54 Å². The Labute approximate surface area is 168 Å². The number of nitrogens with one attached hydrogen (secondary N) is 3. The first kappa shape index (κ1) is 24.2. The highest BCUT2D eigenvalue weighted by Crippen LogP contribution is 2.27. The fourth-order valence-electron chi connectivity index (χ4n) is 3.33. The Morgan fingerprint density at radius 1 is 1.04 bits per heavy atom. The van der Waals surface area contributed by atoms with Crippen molar-refractivity contribution >= 4 is 17.9 Å². The molecule has 0 aromatic heterocycles. The zero-order valence-corrected chi connectivity index (χ0v) is 17.6. The van der Waals surface area contributed by atoms with Crippen molar-refractivity contribution in [3.05, 3.63) is 0 Å². The SMILES string of the molecule is CC(C)(C)OC(=O)N[C@H](CC1CCCCC1)C(=O)NNC(=O)CCCCCN. The van der Waals surface area contributed by atoms with E-state index in [-0.39, 0.29) is 5.91 Å². The summed E-state index contributed by atoms with van der Waals surface area (Å²) >= 11 is 0. The molecule has 3 amide bonds. The van der Waals surface area contributed by atoms with Crippen molar-refractivity contribution in [1.82, 2.24) is 16.2 Å². The molecule has 0 aliphatic heterocycles. The maximum atomic E-state index is 12.6. The van der Waals surface area contributed by atoms with Gasteiger partial charge in [0, 0.05) is 6.42 Å². The second kappa shape index (κ2) is 12.6. The number of ether oxygens (including phenoxy) is 1.